The number of anilines is 1. The average molecular weight is 464 g/mol. The van der Waals surface area contributed by atoms with Crippen LogP contribution in [0.15, 0.2) is 47.6 Å². The predicted molar refractivity (Wildman–Crippen MR) is 124 cm³/mol. The smallest absolute Gasteiger partial charge is 0.263 e. The number of nitrogens with zero attached hydrogens (tertiary/aromatic N) is 2. The molecule has 2 rings (SSSR count). The van der Waals surface area contributed by atoms with Crippen LogP contribution in [0.2, 0.25) is 0 Å². The first kappa shape index (κ1) is 25.0. The van der Waals surface area contributed by atoms with Gasteiger partial charge in [-0.2, -0.15) is 5.10 Å². The molecule has 0 saturated heterocycles. The van der Waals surface area contributed by atoms with Crippen LogP contribution in [-0.2, 0) is 14.8 Å². The Hall–Kier alpha value is -3.27. The molecule has 0 radical (unpaired) electrons. The van der Waals surface area contributed by atoms with E-state index in [-0.39, 0.29) is 0 Å². The lowest BCUT2D eigenvalue weighted by molar-refractivity contribution is -0.121. The van der Waals surface area contributed by atoms with Crippen molar-refractivity contribution in [1.82, 2.24) is 5.43 Å². The highest BCUT2D eigenvalue weighted by molar-refractivity contribution is 7.92. The molecule has 2 aromatic rings. The summed E-state index contributed by atoms with van der Waals surface area (Å²) in [6.45, 7) is 5.56. The number of rotatable bonds is 10. The number of hydrazone groups is 1. The summed E-state index contributed by atoms with van der Waals surface area (Å²) in [5.74, 6) is 1.12. The van der Waals surface area contributed by atoms with Crippen molar-refractivity contribution >= 4 is 27.3 Å². The van der Waals surface area contributed by atoms with E-state index in [4.69, 9.17) is 14.2 Å². The number of carbonyl (C=O) groups is 1. The topological polar surface area (TPSA) is 107 Å². The molecule has 0 saturated carbocycles. The van der Waals surface area contributed by atoms with Gasteiger partial charge in [-0.05, 0) is 63.2 Å². The van der Waals surface area contributed by atoms with E-state index in [0.29, 0.717) is 40.8 Å². The molecule has 2 aromatic carbocycles. The number of carbonyl (C=O) groups excluding carboxylic acids is 1. The van der Waals surface area contributed by atoms with Crippen LogP contribution in [0.25, 0.3) is 0 Å². The number of amides is 1. The summed E-state index contributed by atoms with van der Waals surface area (Å²) in [6, 6.07) is 10.7. The normalized spacial score (nSPS) is 12.6. The first-order valence-corrected chi connectivity index (χ1v) is 11.8. The Balaban J connectivity index is 2.22. The van der Waals surface area contributed by atoms with E-state index in [2.05, 4.69) is 10.5 Å². The van der Waals surface area contributed by atoms with Crippen molar-refractivity contribution in [3.05, 3.63) is 48.0 Å². The monoisotopic (exact) mass is 463 g/mol. The van der Waals surface area contributed by atoms with Gasteiger partial charge in [-0.25, -0.2) is 13.8 Å². The minimum atomic E-state index is -3.74. The molecular formula is C22H29N3O6S. The number of ether oxygens (including phenoxy) is 3. The molecule has 9 nitrogen and oxygen atoms in total. The van der Waals surface area contributed by atoms with E-state index in [1.165, 1.54) is 21.1 Å². The van der Waals surface area contributed by atoms with Crippen molar-refractivity contribution in [2.75, 3.05) is 31.4 Å². The molecule has 32 heavy (non-hydrogen) atoms. The molecule has 0 heterocycles. The molecule has 0 aliphatic heterocycles. The summed E-state index contributed by atoms with van der Waals surface area (Å²) < 4.78 is 41.8. The maximum atomic E-state index is 12.7. The van der Waals surface area contributed by atoms with Crippen molar-refractivity contribution < 1.29 is 27.4 Å². The van der Waals surface area contributed by atoms with Crippen LogP contribution in [0, 0.1) is 0 Å². The third kappa shape index (κ3) is 6.13. The number of hydrogen-bond donors (Lipinski definition) is 1. The maximum Gasteiger partial charge on any atom is 0.263 e. The van der Waals surface area contributed by atoms with Gasteiger partial charge in [0.15, 0.2) is 11.5 Å². The summed E-state index contributed by atoms with van der Waals surface area (Å²) in [4.78, 5) is 12.7. The van der Waals surface area contributed by atoms with Gasteiger partial charge >= 0.3 is 0 Å². The molecule has 0 aromatic heterocycles. The molecule has 0 bridgehead atoms. The van der Waals surface area contributed by atoms with Gasteiger partial charge in [0.2, 0.25) is 10.0 Å². The summed E-state index contributed by atoms with van der Waals surface area (Å²) in [5, 5.41) is 4.12. The quantitative estimate of drug-likeness (QED) is 0.429. The Morgan fingerprint density at radius 3 is 2.25 bits per heavy atom. The zero-order chi connectivity index (χ0) is 23.9. The van der Waals surface area contributed by atoms with Crippen molar-refractivity contribution in [2.45, 2.75) is 26.8 Å². The largest absolute Gasteiger partial charge is 0.494 e. The van der Waals surface area contributed by atoms with Crippen molar-refractivity contribution in [3.63, 3.8) is 0 Å². The van der Waals surface area contributed by atoms with E-state index >= 15 is 0 Å². The van der Waals surface area contributed by atoms with Crippen LogP contribution < -0.4 is 23.9 Å². The van der Waals surface area contributed by atoms with Crippen LogP contribution in [0.4, 0.5) is 5.69 Å². The van der Waals surface area contributed by atoms with E-state index in [9.17, 15) is 13.2 Å². The zero-order valence-electron chi connectivity index (χ0n) is 19.1. The van der Waals surface area contributed by atoms with Gasteiger partial charge in [0, 0.05) is 5.56 Å². The summed E-state index contributed by atoms with van der Waals surface area (Å²) in [5.41, 5.74) is 4.02. The van der Waals surface area contributed by atoms with Gasteiger partial charge in [-0.1, -0.05) is 0 Å². The fourth-order valence-corrected chi connectivity index (χ4v) is 4.20. The summed E-state index contributed by atoms with van der Waals surface area (Å²) in [7, 11) is -0.676. The lowest BCUT2D eigenvalue weighted by Gasteiger charge is -2.27. The van der Waals surface area contributed by atoms with Gasteiger partial charge < -0.3 is 14.2 Å². The number of sulfonamides is 1. The number of nitrogens with one attached hydrogen (secondary N) is 1. The minimum Gasteiger partial charge on any atom is -0.494 e. The Kier molecular flexibility index (Phi) is 8.48. The third-order valence-corrected chi connectivity index (χ3v) is 5.87. The maximum absolute atomic E-state index is 12.7. The van der Waals surface area contributed by atoms with Gasteiger partial charge in [0.05, 0.1) is 38.5 Å². The second kappa shape index (κ2) is 10.9. The van der Waals surface area contributed by atoms with Gasteiger partial charge in [0.1, 0.15) is 11.8 Å². The minimum absolute atomic E-state index is 0.346. The van der Waals surface area contributed by atoms with Crippen molar-refractivity contribution in [2.24, 2.45) is 5.10 Å². The molecule has 1 N–H and O–H groups in total. The Morgan fingerprint density at radius 1 is 1.09 bits per heavy atom. The molecule has 0 unspecified atom stereocenters. The lowest BCUT2D eigenvalue weighted by Crippen LogP contribution is -2.46. The third-order valence-electron chi connectivity index (χ3n) is 4.63. The summed E-state index contributed by atoms with van der Waals surface area (Å²) >= 11 is 0. The Morgan fingerprint density at radius 2 is 1.72 bits per heavy atom. The average Bonchev–Trinajstić information content (AvgIpc) is 2.77. The van der Waals surface area contributed by atoms with E-state index in [0.717, 1.165) is 10.6 Å². The fraction of sp³-hybridized carbons (Fsp3) is 0.364. The highest BCUT2D eigenvalue weighted by atomic mass is 32.2. The van der Waals surface area contributed by atoms with Gasteiger partial charge in [0.25, 0.3) is 5.91 Å². The first-order valence-electron chi connectivity index (χ1n) is 9.91. The van der Waals surface area contributed by atoms with Gasteiger partial charge in [-0.3, -0.25) is 9.10 Å². The highest BCUT2D eigenvalue weighted by Crippen LogP contribution is 2.28. The van der Waals surface area contributed by atoms with E-state index in [1.807, 2.05) is 6.92 Å². The number of methoxy groups -OCH3 is 2. The Bertz CT molecular complexity index is 1070. The molecule has 1 amide bonds. The second-order valence-corrected chi connectivity index (χ2v) is 8.76. The number of benzene rings is 2. The predicted octanol–water partition coefficient (Wildman–Crippen LogP) is 2.80. The lowest BCUT2D eigenvalue weighted by atomic mass is 10.1. The van der Waals surface area contributed by atoms with E-state index < -0.39 is 22.0 Å². The fourth-order valence-electron chi connectivity index (χ4n) is 3.02. The molecular weight excluding hydrogens is 434 g/mol. The number of hydrogen-bond acceptors (Lipinski definition) is 7. The van der Waals surface area contributed by atoms with Crippen LogP contribution in [-0.4, -0.2) is 53.2 Å². The second-order valence-electron chi connectivity index (χ2n) is 6.90. The van der Waals surface area contributed by atoms with Crippen LogP contribution >= 0.6 is 0 Å². The molecule has 1 atom stereocenters. The van der Waals surface area contributed by atoms with Crippen LogP contribution in [0.1, 0.15) is 26.3 Å². The Labute approximate surface area is 189 Å². The van der Waals surface area contributed by atoms with Crippen molar-refractivity contribution in [3.8, 4) is 17.2 Å². The SMILES string of the molecule is CCOc1ccc(N([C@@H](C)C(=O)N/N=C(/C)c2ccc(OC)c(OC)c2)S(C)(=O)=O)cc1. The molecule has 0 aliphatic carbocycles. The van der Waals surface area contributed by atoms with Crippen molar-refractivity contribution in [1.29, 1.82) is 0 Å². The highest BCUT2D eigenvalue weighted by Gasteiger charge is 2.29. The molecule has 0 spiro atoms. The molecule has 0 aliphatic rings. The molecule has 174 valence electrons. The van der Waals surface area contributed by atoms with Crippen LogP contribution in [0.5, 0.6) is 17.2 Å². The molecule has 10 heteroatoms. The standard InChI is InChI=1S/C22H29N3O6S/c1-7-31-19-11-9-18(10-12-19)25(32(6,27)28)16(3)22(26)24-23-15(2)17-8-13-20(29-4)21(14-17)30-5/h8-14,16H,7H2,1-6H3,(H,24,26)/b23-15-/t16-/m0/s1. The van der Waals surface area contributed by atoms with Gasteiger partial charge in [-0.15, -0.1) is 0 Å². The summed E-state index contributed by atoms with van der Waals surface area (Å²) in [6.07, 6.45) is 1.05. The zero-order valence-corrected chi connectivity index (χ0v) is 19.9. The van der Waals surface area contributed by atoms with Crippen LogP contribution in [0.3, 0.4) is 0 Å². The molecule has 0 fully saturated rings. The first-order chi connectivity index (χ1) is 15.1. The van der Waals surface area contributed by atoms with E-state index in [1.54, 1.807) is 49.4 Å².